The van der Waals surface area contributed by atoms with Crippen LogP contribution in [0.2, 0.25) is 0 Å². The molecule has 0 unspecified atom stereocenters. The molecule has 2 aromatic rings. The standard InChI is InChI=1S/C18H19F2NO2S/c1-11-2-4-12(5-3-11)17(23)10-16(21-24)15-7-6-14(22)8-13(15)9-18(19)20/h2-8,16,18,21-22,24H,9-10H2,1H3/t16-/m1/s1. The molecular weight excluding hydrogens is 332 g/mol. The van der Waals surface area contributed by atoms with Gasteiger partial charge in [-0.15, -0.1) is 0 Å². The monoisotopic (exact) mass is 351 g/mol. The van der Waals surface area contributed by atoms with E-state index in [2.05, 4.69) is 17.5 Å². The SMILES string of the molecule is Cc1ccc(C(=O)C[C@@H](NS)c2ccc(O)cc2CC(F)F)cc1. The summed E-state index contributed by atoms with van der Waals surface area (Å²) in [6.07, 6.45) is -2.96. The molecule has 0 spiro atoms. The minimum Gasteiger partial charge on any atom is -0.508 e. The minimum atomic E-state index is -2.54. The van der Waals surface area contributed by atoms with Gasteiger partial charge in [0.25, 0.3) is 0 Å². The van der Waals surface area contributed by atoms with E-state index in [0.29, 0.717) is 16.7 Å². The van der Waals surface area contributed by atoms with Gasteiger partial charge in [0.05, 0.1) is 0 Å². The normalized spacial score (nSPS) is 12.4. The first kappa shape index (κ1) is 18.4. The molecule has 1 atom stereocenters. The number of alkyl halides is 2. The quantitative estimate of drug-likeness (QED) is 0.516. The number of carbonyl (C=O) groups excluding carboxylic acids is 1. The number of thiol groups is 1. The third kappa shape index (κ3) is 4.79. The molecule has 0 aliphatic heterocycles. The van der Waals surface area contributed by atoms with Crippen LogP contribution in [0, 0.1) is 6.92 Å². The van der Waals surface area contributed by atoms with E-state index >= 15 is 0 Å². The highest BCUT2D eigenvalue weighted by atomic mass is 32.1. The van der Waals surface area contributed by atoms with Gasteiger partial charge < -0.3 is 5.11 Å². The van der Waals surface area contributed by atoms with Gasteiger partial charge in [-0.25, -0.2) is 8.78 Å². The Bertz CT molecular complexity index is 705. The predicted octanol–water partition coefficient (Wildman–Crippen LogP) is 4.26. The van der Waals surface area contributed by atoms with Gasteiger partial charge >= 0.3 is 0 Å². The maximum atomic E-state index is 12.8. The molecule has 0 saturated heterocycles. The number of halogens is 2. The molecule has 6 heteroatoms. The van der Waals surface area contributed by atoms with Crippen LogP contribution in [-0.4, -0.2) is 17.3 Å². The Morgan fingerprint density at radius 2 is 1.88 bits per heavy atom. The molecule has 0 aliphatic rings. The second-order valence-corrected chi connectivity index (χ2v) is 5.91. The number of aromatic hydroxyl groups is 1. The van der Waals surface area contributed by atoms with E-state index in [4.69, 9.17) is 0 Å². The Hall–Kier alpha value is -1.92. The molecule has 2 N–H and O–H groups in total. The molecule has 2 rings (SSSR count). The fourth-order valence-electron chi connectivity index (χ4n) is 2.54. The van der Waals surface area contributed by atoms with Crippen molar-refractivity contribution in [3.8, 4) is 5.75 Å². The Morgan fingerprint density at radius 1 is 1.21 bits per heavy atom. The fraction of sp³-hybridized carbons (Fsp3) is 0.278. The van der Waals surface area contributed by atoms with Crippen LogP contribution in [0.15, 0.2) is 42.5 Å². The van der Waals surface area contributed by atoms with E-state index in [1.54, 1.807) is 18.2 Å². The summed E-state index contributed by atoms with van der Waals surface area (Å²) < 4.78 is 28.3. The lowest BCUT2D eigenvalue weighted by atomic mass is 9.93. The molecule has 0 aromatic heterocycles. The molecule has 3 nitrogen and oxygen atoms in total. The molecular formula is C18H19F2NO2S. The number of phenolic OH excluding ortho intramolecular Hbond substituents is 1. The van der Waals surface area contributed by atoms with Crippen molar-refractivity contribution in [2.24, 2.45) is 0 Å². The Balaban J connectivity index is 2.24. The number of nitrogens with one attached hydrogen (secondary N) is 1. The maximum Gasteiger partial charge on any atom is 0.242 e. The lowest BCUT2D eigenvalue weighted by molar-refractivity contribution is 0.0972. The van der Waals surface area contributed by atoms with E-state index in [-0.39, 0.29) is 18.0 Å². The first-order valence-corrected chi connectivity index (χ1v) is 7.95. The zero-order valence-electron chi connectivity index (χ0n) is 13.2. The fourth-order valence-corrected chi connectivity index (χ4v) is 2.77. The van der Waals surface area contributed by atoms with Crippen molar-refractivity contribution < 1.29 is 18.7 Å². The van der Waals surface area contributed by atoms with Crippen LogP contribution in [0.1, 0.15) is 39.5 Å². The highest BCUT2D eigenvalue weighted by molar-refractivity contribution is 7.78. The summed E-state index contributed by atoms with van der Waals surface area (Å²) in [5, 5.41) is 9.54. The summed E-state index contributed by atoms with van der Waals surface area (Å²) in [5.74, 6) is -0.199. The summed E-state index contributed by atoms with van der Waals surface area (Å²) in [6.45, 7) is 1.93. The van der Waals surface area contributed by atoms with E-state index in [1.807, 2.05) is 19.1 Å². The van der Waals surface area contributed by atoms with Crippen molar-refractivity contribution >= 4 is 18.6 Å². The average Bonchev–Trinajstić information content (AvgIpc) is 2.53. The first-order valence-electron chi connectivity index (χ1n) is 7.50. The molecule has 0 aliphatic carbocycles. The van der Waals surface area contributed by atoms with E-state index in [9.17, 15) is 18.7 Å². The Morgan fingerprint density at radius 3 is 2.46 bits per heavy atom. The second-order valence-electron chi connectivity index (χ2n) is 5.65. The highest BCUT2D eigenvalue weighted by Gasteiger charge is 2.20. The summed E-state index contributed by atoms with van der Waals surface area (Å²) in [7, 11) is 0. The van der Waals surface area contributed by atoms with Gasteiger partial charge in [-0.2, -0.15) is 0 Å². The number of benzene rings is 2. The number of Topliss-reactive ketones (excluding diaryl/α,β-unsaturated/α-hetero) is 1. The number of phenols is 1. The molecule has 24 heavy (non-hydrogen) atoms. The largest absolute Gasteiger partial charge is 0.508 e. The lowest BCUT2D eigenvalue weighted by Crippen LogP contribution is -2.19. The zero-order chi connectivity index (χ0) is 17.7. The topological polar surface area (TPSA) is 49.3 Å². The molecule has 2 aromatic carbocycles. The Kier molecular flexibility index (Phi) is 6.34. The minimum absolute atomic E-state index is 0.0770. The van der Waals surface area contributed by atoms with Crippen molar-refractivity contribution in [3.63, 3.8) is 0 Å². The number of ketones is 1. The van der Waals surface area contributed by atoms with Gasteiger partial charge in [0.15, 0.2) is 5.78 Å². The van der Waals surface area contributed by atoms with Crippen LogP contribution in [0.3, 0.4) is 0 Å². The second kappa shape index (κ2) is 8.26. The molecule has 0 heterocycles. The zero-order valence-corrected chi connectivity index (χ0v) is 14.1. The summed E-state index contributed by atoms with van der Waals surface area (Å²) in [4.78, 5) is 12.4. The maximum absolute atomic E-state index is 12.8. The average molecular weight is 351 g/mol. The van der Waals surface area contributed by atoms with Crippen LogP contribution in [0.4, 0.5) is 8.78 Å². The number of hydrogen-bond acceptors (Lipinski definition) is 4. The van der Waals surface area contributed by atoms with Crippen molar-refractivity contribution in [2.75, 3.05) is 0 Å². The van der Waals surface area contributed by atoms with E-state index < -0.39 is 18.9 Å². The van der Waals surface area contributed by atoms with Gasteiger partial charge in [-0.3, -0.25) is 9.52 Å². The van der Waals surface area contributed by atoms with Crippen LogP contribution in [0.5, 0.6) is 5.75 Å². The van der Waals surface area contributed by atoms with Crippen molar-refractivity contribution in [2.45, 2.75) is 32.2 Å². The van der Waals surface area contributed by atoms with E-state index in [1.165, 1.54) is 12.1 Å². The van der Waals surface area contributed by atoms with Crippen molar-refractivity contribution in [1.82, 2.24) is 4.72 Å². The van der Waals surface area contributed by atoms with Gasteiger partial charge in [-0.05, 0) is 30.2 Å². The summed E-state index contributed by atoms with van der Waals surface area (Å²) in [6, 6.07) is 10.9. The van der Waals surface area contributed by atoms with Gasteiger partial charge in [0, 0.05) is 24.4 Å². The van der Waals surface area contributed by atoms with Crippen molar-refractivity contribution in [1.29, 1.82) is 0 Å². The van der Waals surface area contributed by atoms with Crippen LogP contribution in [-0.2, 0) is 6.42 Å². The number of aryl methyl sites for hydroxylation is 1. The summed E-state index contributed by atoms with van der Waals surface area (Å²) >= 11 is 4.04. The predicted molar refractivity (Wildman–Crippen MR) is 92.8 cm³/mol. The summed E-state index contributed by atoms with van der Waals surface area (Å²) in [5.41, 5.74) is 2.44. The number of hydrogen-bond donors (Lipinski definition) is 3. The number of carbonyl (C=O) groups is 1. The highest BCUT2D eigenvalue weighted by Crippen LogP contribution is 2.28. The third-order valence-corrected chi connectivity index (χ3v) is 4.11. The third-order valence-electron chi connectivity index (χ3n) is 3.80. The van der Waals surface area contributed by atoms with Gasteiger partial charge in [0.2, 0.25) is 6.43 Å². The molecule has 0 bridgehead atoms. The molecule has 0 fully saturated rings. The first-order chi connectivity index (χ1) is 11.4. The molecule has 128 valence electrons. The molecule has 0 radical (unpaired) electrons. The number of rotatable bonds is 7. The van der Waals surface area contributed by atoms with Gasteiger partial charge in [0.1, 0.15) is 5.75 Å². The Labute approximate surface area is 145 Å². The lowest BCUT2D eigenvalue weighted by Gasteiger charge is -2.19. The van der Waals surface area contributed by atoms with Gasteiger partial charge in [-0.1, -0.05) is 48.7 Å². The van der Waals surface area contributed by atoms with Crippen LogP contribution < -0.4 is 4.72 Å². The van der Waals surface area contributed by atoms with Crippen molar-refractivity contribution in [3.05, 3.63) is 64.7 Å². The van der Waals surface area contributed by atoms with Crippen LogP contribution >= 0.6 is 12.8 Å². The molecule has 0 amide bonds. The molecule has 0 saturated carbocycles. The van der Waals surface area contributed by atoms with Crippen LogP contribution in [0.25, 0.3) is 0 Å². The smallest absolute Gasteiger partial charge is 0.242 e. The van der Waals surface area contributed by atoms with E-state index in [0.717, 1.165) is 5.56 Å².